The van der Waals surface area contributed by atoms with Crippen molar-refractivity contribution < 1.29 is 48.6 Å². The zero-order valence-corrected chi connectivity index (χ0v) is 34.5. The van der Waals surface area contributed by atoms with E-state index in [2.05, 4.69) is 0 Å². The number of carbonyl (C=O) groups excluding carboxylic acids is 3. The molecule has 0 aromatic carbocycles. The molecule has 266 valence electrons. The summed E-state index contributed by atoms with van der Waals surface area (Å²) in [5.41, 5.74) is 0. The molecule has 0 aliphatic heterocycles. The summed E-state index contributed by atoms with van der Waals surface area (Å²) in [7, 11) is 0. The van der Waals surface area contributed by atoms with Crippen molar-refractivity contribution in [2.24, 2.45) is 0 Å². The van der Waals surface area contributed by atoms with Crippen molar-refractivity contribution in [1.29, 1.82) is 0 Å². The lowest BCUT2D eigenvalue weighted by Gasteiger charge is -2.06. The topological polar surface area (TPSA) is 138 Å². The number of hydrogen-bond donors (Lipinski definition) is 2. The molecule has 2 N–H and O–H groups in total. The summed E-state index contributed by atoms with van der Waals surface area (Å²) >= 11 is 20.3. The Morgan fingerprint density at radius 2 is 0.778 bits per heavy atom. The maximum Gasteiger partial charge on any atom is 0.316 e. The fourth-order valence-electron chi connectivity index (χ4n) is 2.01. The monoisotopic (exact) mass is 862 g/mol. The van der Waals surface area contributed by atoms with E-state index >= 15 is 0 Å². The number of ether oxygens (including phenoxy) is 3. The Kier molecular flexibility index (Phi) is 43.1. The molecule has 0 aromatic rings. The first-order valence-corrected chi connectivity index (χ1v) is 26.8. The number of rotatable bonds is 36. The highest BCUT2D eigenvalue weighted by atomic mass is 32.3. The van der Waals surface area contributed by atoms with Crippen LogP contribution in [0, 0.1) is 0 Å². The van der Waals surface area contributed by atoms with E-state index in [-0.39, 0.29) is 44.3 Å². The summed E-state index contributed by atoms with van der Waals surface area (Å²) in [6, 6.07) is 0. The van der Waals surface area contributed by atoms with E-state index in [9.17, 15) is 14.4 Å². The average molecular weight is 863 g/mol. The Morgan fingerprint density at radius 1 is 0.400 bits per heavy atom. The molecule has 0 rings (SSSR count). The first-order valence-electron chi connectivity index (χ1n) is 13.0. The summed E-state index contributed by atoms with van der Waals surface area (Å²) in [5.74, 6) is 1.94. The molecule has 0 saturated heterocycles. The molecular formula is C23H42O10S12. The Bertz CT molecular complexity index is 691. The minimum Gasteiger partial charge on any atom is -0.463 e. The van der Waals surface area contributed by atoms with Crippen LogP contribution in [0.25, 0.3) is 0 Å². The van der Waals surface area contributed by atoms with Crippen LogP contribution in [0.1, 0.15) is 0 Å². The van der Waals surface area contributed by atoms with Crippen molar-refractivity contribution in [3.63, 3.8) is 0 Å². The van der Waals surface area contributed by atoms with Gasteiger partial charge in [0.15, 0.2) is 0 Å². The fourth-order valence-corrected chi connectivity index (χ4v) is 14.9. The molecule has 0 heterocycles. The van der Waals surface area contributed by atoms with Gasteiger partial charge in [-0.1, -0.05) is 0 Å². The van der Waals surface area contributed by atoms with Crippen LogP contribution >= 0.6 is 141 Å². The lowest BCUT2D eigenvalue weighted by molar-refractivity contribution is -0.274. The van der Waals surface area contributed by atoms with Crippen molar-refractivity contribution in [3.05, 3.63) is 0 Å². The van der Waals surface area contributed by atoms with Crippen LogP contribution in [0.5, 0.6) is 0 Å². The van der Waals surface area contributed by atoms with Gasteiger partial charge in [0.1, 0.15) is 25.1 Å². The Labute approximate surface area is 318 Å². The lowest BCUT2D eigenvalue weighted by Crippen LogP contribution is -2.10. The first kappa shape index (κ1) is 47.4. The number of hydrogen-bond acceptors (Lipinski definition) is 22. The van der Waals surface area contributed by atoms with E-state index in [1.807, 2.05) is 23.5 Å². The van der Waals surface area contributed by atoms with E-state index < -0.39 is 0 Å². The Hall–Kier alpha value is 2.45. The van der Waals surface area contributed by atoms with Gasteiger partial charge in [-0.15, -0.1) is 141 Å². The summed E-state index contributed by atoms with van der Waals surface area (Å²) < 4.78 is 14.8. The van der Waals surface area contributed by atoms with E-state index in [0.29, 0.717) is 35.7 Å². The molecular weight excluding hydrogens is 821 g/mol. The van der Waals surface area contributed by atoms with Gasteiger partial charge in [0.05, 0.1) is 37.1 Å². The quantitative estimate of drug-likeness (QED) is 0.0194. The highest BCUT2D eigenvalue weighted by Gasteiger charge is 2.05. The number of esters is 3. The third-order valence-corrected chi connectivity index (χ3v) is 18.0. The number of aliphatic hydroxyl groups is 2. The Balaban J connectivity index is 3.19. The van der Waals surface area contributed by atoms with Gasteiger partial charge >= 0.3 is 17.9 Å². The second-order valence-corrected chi connectivity index (χ2v) is 22.4. The van der Waals surface area contributed by atoms with Crippen LogP contribution in [0.15, 0.2) is 0 Å². The molecule has 0 amide bonds. The highest BCUT2D eigenvalue weighted by molar-refractivity contribution is 8.27. The minimum absolute atomic E-state index is 0.0511. The molecule has 0 radical (unpaired) electrons. The van der Waals surface area contributed by atoms with Gasteiger partial charge in [0, 0.05) is 51.5 Å². The zero-order chi connectivity index (χ0) is 32.9. The first-order chi connectivity index (χ1) is 22.1. The van der Waals surface area contributed by atoms with Gasteiger partial charge in [0.2, 0.25) is 0 Å². The normalized spacial score (nSPS) is 11.1. The smallest absolute Gasteiger partial charge is 0.316 e. The zero-order valence-electron chi connectivity index (χ0n) is 24.7. The van der Waals surface area contributed by atoms with Gasteiger partial charge in [-0.2, -0.15) is 0 Å². The summed E-state index contributed by atoms with van der Waals surface area (Å²) in [5, 5.41) is 25.3. The molecule has 0 fully saturated rings. The highest BCUT2D eigenvalue weighted by Crippen LogP contribution is 2.23. The molecule has 0 unspecified atom stereocenters. The van der Waals surface area contributed by atoms with Crippen LogP contribution in [0.4, 0.5) is 0 Å². The van der Waals surface area contributed by atoms with Crippen LogP contribution in [-0.4, -0.2) is 142 Å². The van der Waals surface area contributed by atoms with Crippen LogP contribution in [0.2, 0.25) is 0 Å². The predicted molar refractivity (Wildman–Crippen MR) is 213 cm³/mol. The van der Waals surface area contributed by atoms with Crippen molar-refractivity contribution in [3.8, 4) is 0 Å². The standard InChI is InChI=1S/C23H42O10S12/c24-1-3-29-21(26)7-35-13-41-18-40-12-34-6-5-32-33-11-39-17-45-20-44-16-38-10-31-23(28)9-37-15-43-19-42-14-36-8-22(27)30-4-2-25/h24-25H,1-20H2. The largest absolute Gasteiger partial charge is 0.463 e. The maximum absolute atomic E-state index is 11.8. The van der Waals surface area contributed by atoms with Crippen molar-refractivity contribution in [2.45, 2.75) is 0 Å². The fraction of sp³-hybridized carbons (Fsp3) is 0.870. The van der Waals surface area contributed by atoms with E-state index in [1.54, 1.807) is 94.1 Å². The number of carbonyl (C=O) groups is 3. The SMILES string of the molecule is O=C(CSCSCSCSCCOOCSCSCSCSCOC(=O)CSCSCSCSCC(=O)OCCO)OCCO. The Morgan fingerprint density at radius 3 is 1.24 bits per heavy atom. The predicted octanol–water partition coefficient (Wildman–Crippen LogP) is 5.88. The lowest BCUT2D eigenvalue weighted by atomic mass is 10.7. The van der Waals surface area contributed by atoms with Crippen LogP contribution < -0.4 is 0 Å². The van der Waals surface area contributed by atoms with Crippen molar-refractivity contribution in [2.75, 3.05) is 114 Å². The molecule has 0 aliphatic carbocycles. The van der Waals surface area contributed by atoms with E-state index in [4.69, 9.17) is 34.2 Å². The van der Waals surface area contributed by atoms with E-state index in [1.165, 1.54) is 23.5 Å². The third kappa shape index (κ3) is 40.8. The van der Waals surface area contributed by atoms with Gasteiger partial charge in [-0.3, -0.25) is 14.4 Å². The number of aliphatic hydroxyl groups excluding tert-OH is 2. The molecule has 0 bridgehead atoms. The molecule has 0 aliphatic rings. The molecule has 45 heavy (non-hydrogen) atoms. The van der Waals surface area contributed by atoms with Crippen molar-refractivity contribution in [1.82, 2.24) is 0 Å². The van der Waals surface area contributed by atoms with Gasteiger partial charge in [-0.05, 0) is 0 Å². The van der Waals surface area contributed by atoms with Gasteiger partial charge < -0.3 is 24.4 Å². The molecule has 10 nitrogen and oxygen atoms in total. The molecule has 0 aromatic heterocycles. The van der Waals surface area contributed by atoms with E-state index in [0.717, 1.165) is 51.5 Å². The van der Waals surface area contributed by atoms with Crippen molar-refractivity contribution >= 4 is 159 Å². The second kappa shape index (κ2) is 40.9. The third-order valence-electron chi connectivity index (χ3n) is 3.70. The number of thioether (sulfide) groups is 12. The second-order valence-electron chi connectivity index (χ2n) is 7.23. The maximum atomic E-state index is 11.8. The molecule has 0 saturated carbocycles. The molecule has 22 heteroatoms. The summed E-state index contributed by atoms with van der Waals surface area (Å²) in [6.07, 6.45) is 0. The average Bonchev–Trinajstić information content (AvgIpc) is 3.04. The van der Waals surface area contributed by atoms with Crippen LogP contribution in [-0.2, 0) is 38.4 Å². The molecule has 0 atom stereocenters. The summed E-state index contributed by atoms with van der Waals surface area (Å²) in [4.78, 5) is 44.8. The van der Waals surface area contributed by atoms with Crippen LogP contribution in [0.3, 0.4) is 0 Å². The molecule has 0 spiro atoms. The van der Waals surface area contributed by atoms with Gasteiger partial charge in [-0.25, -0.2) is 9.78 Å². The van der Waals surface area contributed by atoms with Gasteiger partial charge in [0.25, 0.3) is 0 Å². The minimum atomic E-state index is -0.303. The summed E-state index contributed by atoms with van der Waals surface area (Å²) in [6.45, 7) is 0.388.